The minimum Gasteiger partial charge on any atom is -0.432 e. The zero-order chi connectivity index (χ0) is 20.8. The van der Waals surface area contributed by atoms with E-state index in [4.69, 9.17) is 14.1 Å². The summed E-state index contributed by atoms with van der Waals surface area (Å²) in [7, 11) is 4.32. The molecule has 4 heterocycles. The number of aromatic nitrogens is 3. The first-order valence-electron chi connectivity index (χ1n) is 10.5. The van der Waals surface area contributed by atoms with E-state index in [2.05, 4.69) is 57.1 Å². The molecule has 156 valence electrons. The highest BCUT2D eigenvalue weighted by Gasteiger charge is 2.32. The molecular weight excluding hydrogens is 366 g/mol. The molecule has 0 bridgehead atoms. The standard InChI is InChI=1S/C22H31N5O2/c1-13(2)17-15-11-28-22(3,4)10-14(15)16-18-19(29-21(16)26-17)20(25-12-24-18)23-8-7-9-27(5)6/h12-13H,7-11H2,1-6H3,(H,23,24,25)/p+1. The van der Waals surface area contributed by atoms with Crippen LogP contribution in [0, 0.1) is 0 Å². The molecule has 1 aliphatic rings. The molecule has 0 aromatic carbocycles. The first-order chi connectivity index (χ1) is 13.8. The van der Waals surface area contributed by atoms with Crippen molar-refractivity contribution < 1.29 is 14.1 Å². The molecule has 0 saturated heterocycles. The Labute approximate surface area is 171 Å². The van der Waals surface area contributed by atoms with Crippen LogP contribution in [0.25, 0.3) is 22.2 Å². The maximum absolute atomic E-state index is 6.24. The summed E-state index contributed by atoms with van der Waals surface area (Å²) in [6.07, 6.45) is 3.49. The Hall–Kier alpha value is -2.25. The van der Waals surface area contributed by atoms with Gasteiger partial charge >= 0.3 is 0 Å². The molecule has 1 aliphatic heterocycles. The highest BCUT2D eigenvalue weighted by atomic mass is 16.5. The van der Waals surface area contributed by atoms with Gasteiger partial charge in [-0.15, -0.1) is 0 Å². The second-order valence-corrected chi connectivity index (χ2v) is 9.25. The number of fused-ring (bicyclic) bond motifs is 5. The summed E-state index contributed by atoms with van der Waals surface area (Å²) in [5.74, 6) is 1.04. The number of quaternary nitrogens is 1. The maximum Gasteiger partial charge on any atom is 0.229 e. The molecule has 7 heteroatoms. The topological polar surface area (TPSA) is 77.5 Å². The van der Waals surface area contributed by atoms with E-state index in [9.17, 15) is 0 Å². The van der Waals surface area contributed by atoms with Gasteiger partial charge in [-0.3, -0.25) is 0 Å². The van der Waals surface area contributed by atoms with Crippen LogP contribution in [-0.4, -0.2) is 47.7 Å². The third-order valence-electron chi connectivity index (χ3n) is 5.55. The lowest BCUT2D eigenvalue weighted by atomic mass is 9.87. The molecule has 0 amide bonds. The van der Waals surface area contributed by atoms with Crippen LogP contribution in [0.5, 0.6) is 0 Å². The molecule has 4 rings (SSSR count). The van der Waals surface area contributed by atoms with Crippen molar-refractivity contribution in [3.63, 3.8) is 0 Å². The minimum atomic E-state index is -0.220. The SMILES string of the molecule is CC(C)c1nc2oc3c(NCCC[NH+](C)C)ncnc3c2c2c1COC(C)(C)C2. The lowest BCUT2D eigenvalue weighted by Crippen LogP contribution is -3.05. The van der Waals surface area contributed by atoms with E-state index in [-0.39, 0.29) is 5.60 Å². The van der Waals surface area contributed by atoms with E-state index in [1.54, 1.807) is 6.33 Å². The Bertz CT molecular complexity index is 1040. The third kappa shape index (κ3) is 3.81. The van der Waals surface area contributed by atoms with Gasteiger partial charge in [-0.25, -0.2) is 15.0 Å². The summed E-state index contributed by atoms with van der Waals surface area (Å²) in [6, 6.07) is 0. The number of hydrogen-bond donors (Lipinski definition) is 2. The highest BCUT2D eigenvalue weighted by molar-refractivity contribution is 6.06. The van der Waals surface area contributed by atoms with Crippen molar-refractivity contribution in [1.82, 2.24) is 15.0 Å². The van der Waals surface area contributed by atoms with E-state index < -0.39 is 0 Å². The molecule has 0 fully saturated rings. The van der Waals surface area contributed by atoms with Crippen LogP contribution in [-0.2, 0) is 17.8 Å². The van der Waals surface area contributed by atoms with Crippen molar-refractivity contribution in [1.29, 1.82) is 0 Å². The number of nitrogens with one attached hydrogen (secondary N) is 2. The quantitative estimate of drug-likeness (QED) is 0.622. The van der Waals surface area contributed by atoms with E-state index in [1.807, 2.05) is 0 Å². The molecule has 0 unspecified atom stereocenters. The molecule has 3 aromatic heterocycles. The fourth-order valence-corrected chi connectivity index (χ4v) is 4.08. The van der Waals surface area contributed by atoms with Gasteiger partial charge in [-0.05, 0) is 25.3 Å². The summed E-state index contributed by atoms with van der Waals surface area (Å²) in [6.45, 7) is 11.1. The van der Waals surface area contributed by atoms with Crippen molar-refractivity contribution in [2.45, 2.75) is 58.7 Å². The van der Waals surface area contributed by atoms with Gasteiger partial charge in [0.25, 0.3) is 0 Å². The smallest absolute Gasteiger partial charge is 0.229 e. The number of anilines is 1. The summed E-state index contributed by atoms with van der Waals surface area (Å²) >= 11 is 0. The average Bonchev–Trinajstić information content (AvgIpc) is 3.03. The first-order valence-corrected chi connectivity index (χ1v) is 10.5. The average molecular weight is 399 g/mol. The van der Waals surface area contributed by atoms with E-state index >= 15 is 0 Å². The van der Waals surface area contributed by atoms with Crippen LogP contribution in [0.4, 0.5) is 5.82 Å². The molecule has 29 heavy (non-hydrogen) atoms. The largest absolute Gasteiger partial charge is 0.432 e. The highest BCUT2D eigenvalue weighted by Crippen LogP contribution is 2.40. The second kappa shape index (κ2) is 7.54. The van der Waals surface area contributed by atoms with E-state index in [1.165, 1.54) is 16.0 Å². The van der Waals surface area contributed by atoms with Crippen molar-refractivity contribution in [3.05, 3.63) is 23.1 Å². The van der Waals surface area contributed by atoms with Gasteiger partial charge in [-0.1, -0.05) is 13.8 Å². The number of pyridine rings is 1. The summed E-state index contributed by atoms with van der Waals surface area (Å²) < 4.78 is 12.4. The van der Waals surface area contributed by atoms with Crippen LogP contribution in [0.2, 0.25) is 0 Å². The predicted molar refractivity (Wildman–Crippen MR) is 115 cm³/mol. The maximum atomic E-state index is 6.24. The van der Waals surface area contributed by atoms with Crippen molar-refractivity contribution >= 4 is 28.0 Å². The molecule has 7 nitrogen and oxygen atoms in total. The summed E-state index contributed by atoms with van der Waals surface area (Å²) in [4.78, 5) is 15.4. The number of hydrogen-bond acceptors (Lipinski definition) is 6. The Morgan fingerprint density at radius 2 is 2.00 bits per heavy atom. The van der Waals surface area contributed by atoms with Crippen LogP contribution in [0.15, 0.2) is 10.7 Å². The Morgan fingerprint density at radius 1 is 1.21 bits per heavy atom. The fourth-order valence-electron chi connectivity index (χ4n) is 4.08. The molecule has 0 spiro atoms. The molecule has 0 saturated carbocycles. The normalized spacial score (nSPS) is 16.1. The van der Waals surface area contributed by atoms with Gasteiger partial charge in [-0.2, -0.15) is 0 Å². The summed E-state index contributed by atoms with van der Waals surface area (Å²) in [5.41, 5.74) is 5.47. The molecule has 0 radical (unpaired) electrons. The predicted octanol–water partition coefficient (Wildman–Crippen LogP) is 2.69. The minimum absolute atomic E-state index is 0.220. The van der Waals surface area contributed by atoms with Crippen molar-refractivity contribution in [2.24, 2.45) is 0 Å². The number of ether oxygens (including phenoxy) is 1. The first kappa shape index (κ1) is 20.0. The van der Waals surface area contributed by atoms with Crippen LogP contribution in [0.1, 0.15) is 56.9 Å². The zero-order valence-corrected chi connectivity index (χ0v) is 18.3. The molecular formula is C22H32N5O2+. The number of furan rings is 1. The number of nitrogens with zero attached hydrogens (tertiary/aromatic N) is 3. The molecule has 3 aromatic rings. The van der Waals surface area contributed by atoms with Gasteiger partial charge in [0, 0.05) is 24.9 Å². The van der Waals surface area contributed by atoms with E-state index in [0.29, 0.717) is 23.8 Å². The van der Waals surface area contributed by atoms with E-state index in [0.717, 1.165) is 48.3 Å². The van der Waals surface area contributed by atoms with Crippen LogP contribution < -0.4 is 10.2 Å². The lowest BCUT2D eigenvalue weighted by molar-refractivity contribution is -0.858. The molecule has 2 N–H and O–H groups in total. The summed E-state index contributed by atoms with van der Waals surface area (Å²) in [5, 5.41) is 4.44. The van der Waals surface area contributed by atoms with Gasteiger partial charge in [0.1, 0.15) is 11.8 Å². The Morgan fingerprint density at radius 3 is 2.72 bits per heavy atom. The Balaban J connectivity index is 1.83. The van der Waals surface area contributed by atoms with Crippen LogP contribution >= 0.6 is 0 Å². The van der Waals surface area contributed by atoms with Gasteiger partial charge in [0.05, 0.1) is 43.9 Å². The monoisotopic (exact) mass is 398 g/mol. The Kier molecular flexibility index (Phi) is 5.21. The van der Waals surface area contributed by atoms with Gasteiger partial charge in [0.15, 0.2) is 11.4 Å². The van der Waals surface area contributed by atoms with Crippen LogP contribution in [0.3, 0.4) is 0 Å². The van der Waals surface area contributed by atoms with Gasteiger partial charge in [0.2, 0.25) is 5.71 Å². The lowest BCUT2D eigenvalue weighted by Gasteiger charge is -2.33. The van der Waals surface area contributed by atoms with Crippen molar-refractivity contribution in [2.75, 3.05) is 32.5 Å². The zero-order valence-electron chi connectivity index (χ0n) is 18.3. The number of rotatable bonds is 6. The third-order valence-corrected chi connectivity index (χ3v) is 5.55. The molecule has 0 aliphatic carbocycles. The van der Waals surface area contributed by atoms with Crippen molar-refractivity contribution in [3.8, 4) is 0 Å². The fraction of sp³-hybridized carbons (Fsp3) is 0.591. The van der Waals surface area contributed by atoms with Gasteiger partial charge < -0.3 is 19.4 Å². The molecule has 0 atom stereocenters. The second-order valence-electron chi connectivity index (χ2n) is 9.25.